The van der Waals surface area contributed by atoms with Crippen LogP contribution in [0, 0.1) is 0 Å². The molecule has 2 N–H and O–H groups in total. The predicted octanol–water partition coefficient (Wildman–Crippen LogP) is 0.918. The highest BCUT2D eigenvalue weighted by atomic mass is 16.7. The first-order valence-corrected chi connectivity index (χ1v) is 11.8. The van der Waals surface area contributed by atoms with Gasteiger partial charge in [-0.15, -0.1) is 0 Å². The van der Waals surface area contributed by atoms with Crippen LogP contribution in [-0.2, 0) is 54.1 Å². The lowest BCUT2D eigenvalue weighted by molar-refractivity contribution is -0.282. The van der Waals surface area contributed by atoms with Crippen molar-refractivity contribution >= 4 is 40.7 Å². The fraction of sp³-hybridized carbons (Fsp3) is 0.480. The van der Waals surface area contributed by atoms with Gasteiger partial charge in [0.2, 0.25) is 18.3 Å². The van der Waals surface area contributed by atoms with Crippen LogP contribution in [0.2, 0.25) is 0 Å². The molecule has 2 heterocycles. The number of H-pyrrole nitrogens is 1. The number of amides is 1. The van der Waals surface area contributed by atoms with Gasteiger partial charge in [0.15, 0.2) is 18.3 Å². The molecular formula is C25H30N2O11. The summed E-state index contributed by atoms with van der Waals surface area (Å²) in [6.45, 7) is 5.19. The molecule has 0 spiro atoms. The summed E-state index contributed by atoms with van der Waals surface area (Å²) in [5, 5.41) is 3.54. The molecular weight excluding hydrogens is 504 g/mol. The number of carbonyl (C=O) groups is 5. The van der Waals surface area contributed by atoms with Crippen LogP contribution < -0.4 is 10.1 Å². The summed E-state index contributed by atoms with van der Waals surface area (Å²) < 4.78 is 32.6. The highest BCUT2D eigenvalue weighted by molar-refractivity contribution is 5.85. The highest BCUT2D eigenvalue weighted by Crippen LogP contribution is 2.32. The van der Waals surface area contributed by atoms with Crippen LogP contribution in [0.25, 0.3) is 10.9 Å². The van der Waals surface area contributed by atoms with E-state index in [-0.39, 0.29) is 11.7 Å². The smallest absolute Gasteiger partial charge is 0.339 e. The Labute approximate surface area is 218 Å². The molecule has 1 saturated heterocycles. The number of esters is 4. The van der Waals surface area contributed by atoms with Gasteiger partial charge in [-0.05, 0) is 30.2 Å². The first-order valence-electron chi connectivity index (χ1n) is 11.8. The molecule has 13 nitrogen and oxygen atoms in total. The van der Waals surface area contributed by atoms with E-state index in [2.05, 4.69) is 10.3 Å². The summed E-state index contributed by atoms with van der Waals surface area (Å²) in [5.74, 6) is -3.14. The van der Waals surface area contributed by atoms with Crippen molar-refractivity contribution in [2.24, 2.45) is 0 Å². The minimum Gasteiger partial charge on any atom is -0.467 e. The van der Waals surface area contributed by atoms with Gasteiger partial charge in [0.1, 0.15) is 5.75 Å². The number of aromatic amines is 1. The van der Waals surface area contributed by atoms with E-state index in [1.807, 2.05) is 6.20 Å². The molecule has 13 heteroatoms. The van der Waals surface area contributed by atoms with Gasteiger partial charge in [0.25, 0.3) is 0 Å². The van der Waals surface area contributed by atoms with Gasteiger partial charge >= 0.3 is 23.9 Å². The standard InChI is InChI=1S/C25H30N2O11/c1-12(28)26-9-8-16-11-27-19-7-6-17(10-18(16)19)37-25-23(36-15(4)31)21(35-14(3)30)20(34-13(2)29)22(38-25)24(32)33-5/h6-7,10-11,20-23,25,27H,8-9H2,1-5H3,(H,26,28)/t20-,21?,22?,23?,25-/m1/s1. The Kier molecular flexibility index (Phi) is 9.29. The number of methoxy groups -OCH3 is 1. The van der Waals surface area contributed by atoms with Crippen molar-refractivity contribution in [3.63, 3.8) is 0 Å². The Hall–Kier alpha value is -4.13. The number of aromatic nitrogens is 1. The number of nitrogens with one attached hydrogen (secondary N) is 2. The van der Waals surface area contributed by atoms with Gasteiger partial charge in [-0.25, -0.2) is 4.79 Å². The third-order valence-corrected chi connectivity index (χ3v) is 5.59. The number of hydrogen-bond acceptors (Lipinski definition) is 11. The molecule has 0 radical (unpaired) electrons. The predicted molar refractivity (Wildman–Crippen MR) is 129 cm³/mol. The molecule has 1 aromatic carbocycles. The Morgan fingerprint density at radius 3 is 2.16 bits per heavy atom. The molecule has 1 fully saturated rings. The van der Waals surface area contributed by atoms with E-state index < -0.39 is 54.6 Å². The van der Waals surface area contributed by atoms with Gasteiger partial charge in [-0.3, -0.25) is 19.2 Å². The number of carbonyl (C=O) groups excluding carboxylic acids is 5. The van der Waals surface area contributed by atoms with Gasteiger partial charge in [-0.2, -0.15) is 0 Å². The van der Waals surface area contributed by atoms with Crippen LogP contribution in [0.15, 0.2) is 24.4 Å². The molecule has 38 heavy (non-hydrogen) atoms. The van der Waals surface area contributed by atoms with E-state index in [0.29, 0.717) is 13.0 Å². The lowest BCUT2D eigenvalue weighted by Crippen LogP contribution is -2.64. The lowest BCUT2D eigenvalue weighted by atomic mass is 9.97. The van der Waals surface area contributed by atoms with E-state index in [1.165, 1.54) is 6.92 Å². The lowest BCUT2D eigenvalue weighted by Gasteiger charge is -2.43. The van der Waals surface area contributed by atoms with Crippen molar-refractivity contribution in [1.82, 2.24) is 10.3 Å². The van der Waals surface area contributed by atoms with Crippen molar-refractivity contribution < 1.29 is 52.4 Å². The monoisotopic (exact) mass is 534 g/mol. The van der Waals surface area contributed by atoms with Crippen LogP contribution in [0.5, 0.6) is 5.75 Å². The maximum Gasteiger partial charge on any atom is 0.339 e. The Balaban J connectivity index is 1.97. The van der Waals surface area contributed by atoms with Crippen molar-refractivity contribution in [3.05, 3.63) is 30.0 Å². The average Bonchev–Trinajstić information content (AvgIpc) is 3.23. The quantitative estimate of drug-likeness (QED) is 0.346. The second-order valence-electron chi connectivity index (χ2n) is 8.54. The third-order valence-electron chi connectivity index (χ3n) is 5.59. The third kappa shape index (κ3) is 7.00. The van der Waals surface area contributed by atoms with Crippen LogP contribution in [0.1, 0.15) is 33.3 Å². The molecule has 1 aliphatic rings. The van der Waals surface area contributed by atoms with E-state index in [4.69, 9.17) is 28.4 Å². The van der Waals surface area contributed by atoms with Gasteiger partial charge < -0.3 is 38.7 Å². The second kappa shape index (κ2) is 12.4. The number of ether oxygens (including phenoxy) is 6. The first-order chi connectivity index (χ1) is 18.0. The molecule has 1 amide bonds. The SMILES string of the molecule is COC(=O)C1O[C@@H](Oc2ccc3[nH]cc(CCNC(C)=O)c3c2)C(OC(C)=O)C(OC(C)=O)[C@H]1OC(C)=O. The summed E-state index contributed by atoms with van der Waals surface area (Å²) in [6, 6.07) is 5.07. The zero-order valence-electron chi connectivity index (χ0n) is 21.6. The van der Waals surface area contributed by atoms with Crippen molar-refractivity contribution in [1.29, 1.82) is 0 Å². The van der Waals surface area contributed by atoms with Crippen molar-refractivity contribution in [2.45, 2.75) is 64.8 Å². The molecule has 5 atom stereocenters. The Bertz CT molecular complexity index is 1210. The van der Waals surface area contributed by atoms with Crippen LogP contribution in [0.4, 0.5) is 0 Å². The van der Waals surface area contributed by atoms with Gasteiger partial charge in [0, 0.05) is 51.3 Å². The number of hydrogen-bond donors (Lipinski definition) is 2. The van der Waals surface area contributed by atoms with Crippen LogP contribution in [0.3, 0.4) is 0 Å². The maximum atomic E-state index is 12.6. The van der Waals surface area contributed by atoms with E-state index in [1.54, 1.807) is 18.2 Å². The summed E-state index contributed by atoms with van der Waals surface area (Å²) in [6.07, 6.45) is -5.02. The van der Waals surface area contributed by atoms with E-state index in [9.17, 15) is 24.0 Å². The Morgan fingerprint density at radius 1 is 0.921 bits per heavy atom. The van der Waals surface area contributed by atoms with E-state index in [0.717, 1.165) is 44.3 Å². The zero-order valence-corrected chi connectivity index (χ0v) is 21.6. The van der Waals surface area contributed by atoms with Crippen LogP contribution >= 0.6 is 0 Å². The number of benzene rings is 1. The summed E-state index contributed by atoms with van der Waals surface area (Å²) >= 11 is 0. The molecule has 1 aromatic heterocycles. The molecule has 0 aliphatic carbocycles. The molecule has 0 bridgehead atoms. The first kappa shape index (κ1) is 28.4. The maximum absolute atomic E-state index is 12.6. The highest BCUT2D eigenvalue weighted by Gasteiger charge is 2.55. The molecule has 3 rings (SSSR count). The van der Waals surface area contributed by atoms with Crippen LogP contribution in [-0.4, -0.2) is 79.1 Å². The number of fused-ring (bicyclic) bond motifs is 1. The van der Waals surface area contributed by atoms with Crippen molar-refractivity contribution in [3.8, 4) is 5.75 Å². The summed E-state index contributed by atoms with van der Waals surface area (Å²) in [4.78, 5) is 62.6. The molecule has 206 valence electrons. The molecule has 2 aromatic rings. The molecule has 1 aliphatic heterocycles. The largest absolute Gasteiger partial charge is 0.467 e. The van der Waals surface area contributed by atoms with Gasteiger partial charge in [-0.1, -0.05) is 0 Å². The zero-order chi connectivity index (χ0) is 28.0. The summed E-state index contributed by atoms with van der Waals surface area (Å²) in [7, 11) is 1.10. The molecule has 3 unspecified atom stereocenters. The minimum absolute atomic E-state index is 0.144. The minimum atomic E-state index is -1.56. The molecule has 0 saturated carbocycles. The average molecular weight is 535 g/mol. The van der Waals surface area contributed by atoms with Gasteiger partial charge in [0.05, 0.1) is 7.11 Å². The fourth-order valence-corrected chi connectivity index (χ4v) is 4.12. The summed E-state index contributed by atoms with van der Waals surface area (Å²) in [5.41, 5.74) is 1.71. The topological polar surface area (TPSA) is 169 Å². The van der Waals surface area contributed by atoms with E-state index >= 15 is 0 Å². The van der Waals surface area contributed by atoms with Crippen molar-refractivity contribution in [2.75, 3.05) is 13.7 Å². The normalized spacial score (nSPS) is 22.7. The Morgan fingerprint density at radius 2 is 1.55 bits per heavy atom. The number of rotatable bonds is 9. The second-order valence-corrected chi connectivity index (χ2v) is 8.54. The fourth-order valence-electron chi connectivity index (χ4n) is 4.12.